The van der Waals surface area contributed by atoms with Gasteiger partial charge in [-0.3, -0.25) is 9.69 Å². The molecule has 0 bridgehead atoms. The molecule has 0 radical (unpaired) electrons. The quantitative estimate of drug-likeness (QED) is 0.459. The number of hydrogen-bond acceptors (Lipinski definition) is 6. The van der Waals surface area contributed by atoms with Crippen LogP contribution in [0.2, 0.25) is 0 Å². The van der Waals surface area contributed by atoms with Crippen molar-refractivity contribution < 1.29 is 14.3 Å². The first-order valence-corrected chi connectivity index (χ1v) is 14.5. The smallest absolute Gasteiger partial charge is 0.320 e. The number of carbonyl (C=O) groups is 1. The maximum atomic E-state index is 14.2. The molecule has 38 heavy (non-hydrogen) atoms. The molecule has 2 saturated heterocycles. The highest BCUT2D eigenvalue weighted by molar-refractivity contribution is 5.73. The molecule has 3 aliphatic rings. The molecule has 0 amide bonds. The predicted molar refractivity (Wildman–Crippen MR) is 147 cm³/mol. The summed E-state index contributed by atoms with van der Waals surface area (Å²) < 4.78 is 14.2. The molecule has 7 nitrogen and oxygen atoms in total. The van der Waals surface area contributed by atoms with Gasteiger partial charge in [0.1, 0.15) is 11.9 Å². The predicted octanol–water partition coefficient (Wildman–Crippen LogP) is 4.66. The normalized spacial score (nSPS) is 24.3. The third-order valence-corrected chi connectivity index (χ3v) is 9.02. The molecule has 5 rings (SSSR count). The molecule has 2 aromatic rings. The van der Waals surface area contributed by atoms with Crippen LogP contribution >= 0.6 is 0 Å². The summed E-state index contributed by atoms with van der Waals surface area (Å²) in [5, 5.41) is 10.1. The van der Waals surface area contributed by atoms with E-state index in [2.05, 4.69) is 31.6 Å². The Labute approximate surface area is 226 Å². The monoisotopic (exact) mass is 523 g/mol. The number of nitrogens with zero attached hydrogens (tertiary/aromatic N) is 5. The largest absolute Gasteiger partial charge is 0.480 e. The molecule has 206 valence electrons. The fourth-order valence-electron chi connectivity index (χ4n) is 6.78. The molecule has 3 atom stereocenters. The Kier molecular flexibility index (Phi) is 8.89. The Morgan fingerprint density at radius 2 is 1.89 bits per heavy atom. The van der Waals surface area contributed by atoms with Crippen LogP contribution in [0.25, 0.3) is 0 Å². The van der Waals surface area contributed by atoms with Gasteiger partial charge >= 0.3 is 5.97 Å². The minimum Gasteiger partial charge on any atom is -0.480 e. The standard InChI is InChI=1S/C30H42FN5O2/c1-2-14-36(30-32-12-5-13-33-30)26-10-15-34(16-11-26)19-24-20-35(28(29(37)38)17-22-6-3-7-22)21-27(24)23-8-4-9-25(31)18-23/h4-5,8-9,12-13,18,22,24,26-28H,2-3,6-7,10-11,14-17,19-21H2,1H3,(H,37,38)/t24?,27?,28-/m1/s1. The van der Waals surface area contributed by atoms with Gasteiger partial charge in [0.2, 0.25) is 5.95 Å². The van der Waals surface area contributed by atoms with Gasteiger partial charge in [-0.25, -0.2) is 14.4 Å². The lowest BCUT2D eigenvalue weighted by Crippen LogP contribution is -2.47. The highest BCUT2D eigenvalue weighted by atomic mass is 19.1. The minimum atomic E-state index is -0.712. The zero-order valence-electron chi connectivity index (χ0n) is 22.6. The molecule has 0 spiro atoms. The summed E-state index contributed by atoms with van der Waals surface area (Å²) in [5.74, 6) is 0.833. The number of rotatable bonds is 11. The molecular weight excluding hydrogens is 481 g/mol. The van der Waals surface area contributed by atoms with Crippen LogP contribution in [-0.2, 0) is 4.79 Å². The lowest BCUT2D eigenvalue weighted by molar-refractivity contribution is -0.144. The molecule has 8 heteroatoms. The zero-order valence-corrected chi connectivity index (χ0v) is 22.6. The van der Waals surface area contributed by atoms with Crippen LogP contribution in [-0.4, -0.2) is 82.2 Å². The van der Waals surface area contributed by atoms with Crippen molar-refractivity contribution in [3.05, 3.63) is 54.1 Å². The minimum absolute atomic E-state index is 0.140. The third kappa shape index (κ3) is 6.34. The number of halogens is 1. The fraction of sp³-hybridized carbons (Fsp3) is 0.633. The van der Waals surface area contributed by atoms with E-state index in [0.29, 0.717) is 18.5 Å². The summed E-state index contributed by atoms with van der Waals surface area (Å²) in [6.45, 7) is 7.48. The summed E-state index contributed by atoms with van der Waals surface area (Å²) in [7, 11) is 0. The number of aliphatic carboxylic acids is 1. The van der Waals surface area contributed by atoms with Crippen molar-refractivity contribution >= 4 is 11.9 Å². The van der Waals surface area contributed by atoms with E-state index < -0.39 is 12.0 Å². The Hall–Kier alpha value is -2.58. The van der Waals surface area contributed by atoms with Crippen LogP contribution in [0.15, 0.2) is 42.7 Å². The van der Waals surface area contributed by atoms with E-state index >= 15 is 0 Å². The molecular formula is C30H42FN5O2. The van der Waals surface area contributed by atoms with Gasteiger partial charge in [-0.15, -0.1) is 0 Å². The van der Waals surface area contributed by atoms with Crippen molar-refractivity contribution in [3.8, 4) is 0 Å². The van der Waals surface area contributed by atoms with Crippen LogP contribution < -0.4 is 4.90 Å². The second kappa shape index (κ2) is 12.5. The Balaban J connectivity index is 1.26. The molecule has 1 aromatic carbocycles. The maximum Gasteiger partial charge on any atom is 0.320 e. The SMILES string of the molecule is CCCN(c1ncccn1)C1CCN(CC2CN([C@H](CC3CCC3)C(=O)O)CC2c2cccc(F)c2)CC1. The number of carboxylic acids is 1. The number of likely N-dealkylation sites (tertiary alicyclic amines) is 2. The molecule has 1 aromatic heterocycles. The van der Waals surface area contributed by atoms with Crippen molar-refractivity contribution in [1.82, 2.24) is 19.8 Å². The molecule has 2 aliphatic heterocycles. The van der Waals surface area contributed by atoms with Crippen LogP contribution in [0.5, 0.6) is 0 Å². The first kappa shape index (κ1) is 27.0. The zero-order chi connectivity index (χ0) is 26.5. The highest BCUT2D eigenvalue weighted by Gasteiger charge is 2.41. The maximum absolute atomic E-state index is 14.2. The van der Waals surface area contributed by atoms with Crippen LogP contribution in [0.3, 0.4) is 0 Å². The van der Waals surface area contributed by atoms with Crippen molar-refractivity contribution in [1.29, 1.82) is 0 Å². The number of hydrogen-bond donors (Lipinski definition) is 1. The van der Waals surface area contributed by atoms with Crippen LogP contribution in [0.4, 0.5) is 10.3 Å². The molecule has 3 heterocycles. The van der Waals surface area contributed by atoms with Gasteiger partial charge in [0.05, 0.1) is 0 Å². The first-order valence-electron chi connectivity index (χ1n) is 14.5. The first-order chi connectivity index (χ1) is 18.5. The Morgan fingerprint density at radius 3 is 2.53 bits per heavy atom. The van der Waals surface area contributed by atoms with Gasteiger partial charge in [0.25, 0.3) is 0 Å². The van der Waals surface area contributed by atoms with Crippen LogP contribution in [0.1, 0.15) is 63.4 Å². The highest BCUT2D eigenvalue weighted by Crippen LogP contribution is 2.38. The molecule has 1 N–H and O–H groups in total. The summed E-state index contributed by atoms with van der Waals surface area (Å²) >= 11 is 0. The van der Waals surface area contributed by atoms with E-state index in [0.717, 1.165) is 82.8 Å². The van der Waals surface area contributed by atoms with E-state index in [9.17, 15) is 14.3 Å². The van der Waals surface area contributed by atoms with Gasteiger partial charge in [-0.2, -0.15) is 0 Å². The van der Waals surface area contributed by atoms with Crippen molar-refractivity contribution in [2.75, 3.05) is 44.2 Å². The lowest BCUT2D eigenvalue weighted by atomic mass is 9.80. The number of piperidine rings is 1. The van der Waals surface area contributed by atoms with Crippen LogP contribution in [0, 0.1) is 17.7 Å². The van der Waals surface area contributed by atoms with E-state index in [1.165, 1.54) is 12.5 Å². The number of aromatic nitrogens is 2. The number of benzene rings is 1. The third-order valence-electron chi connectivity index (χ3n) is 9.02. The van der Waals surface area contributed by atoms with E-state index in [-0.39, 0.29) is 17.7 Å². The van der Waals surface area contributed by atoms with E-state index in [4.69, 9.17) is 0 Å². The Morgan fingerprint density at radius 1 is 1.13 bits per heavy atom. The van der Waals surface area contributed by atoms with Gasteiger partial charge in [-0.1, -0.05) is 38.3 Å². The van der Waals surface area contributed by atoms with E-state index in [1.54, 1.807) is 12.1 Å². The lowest BCUT2D eigenvalue weighted by Gasteiger charge is -2.39. The van der Waals surface area contributed by atoms with Crippen molar-refractivity contribution in [3.63, 3.8) is 0 Å². The molecule has 2 unspecified atom stereocenters. The van der Waals surface area contributed by atoms with E-state index in [1.807, 2.05) is 24.5 Å². The number of carboxylic acid groups (broad SMARTS) is 1. The molecule has 1 saturated carbocycles. The van der Waals surface area contributed by atoms with Crippen molar-refractivity contribution in [2.24, 2.45) is 11.8 Å². The summed E-state index contributed by atoms with van der Waals surface area (Å²) in [5.41, 5.74) is 0.996. The second-order valence-corrected chi connectivity index (χ2v) is 11.5. The summed E-state index contributed by atoms with van der Waals surface area (Å²) in [6, 6.07) is 8.78. The fourth-order valence-corrected chi connectivity index (χ4v) is 6.78. The number of anilines is 1. The summed E-state index contributed by atoms with van der Waals surface area (Å²) in [6.07, 6.45) is 11.0. The molecule has 3 fully saturated rings. The topological polar surface area (TPSA) is 72.8 Å². The van der Waals surface area contributed by atoms with Gasteiger partial charge in [0.15, 0.2) is 0 Å². The van der Waals surface area contributed by atoms with Gasteiger partial charge in [0, 0.05) is 63.6 Å². The van der Waals surface area contributed by atoms with Crippen molar-refractivity contribution in [2.45, 2.75) is 69.9 Å². The average molecular weight is 524 g/mol. The van der Waals surface area contributed by atoms with Gasteiger partial charge < -0.3 is 14.9 Å². The second-order valence-electron chi connectivity index (χ2n) is 11.5. The molecule has 1 aliphatic carbocycles. The van der Waals surface area contributed by atoms with Gasteiger partial charge in [-0.05, 0) is 61.3 Å². The summed E-state index contributed by atoms with van der Waals surface area (Å²) in [4.78, 5) is 28.4. The average Bonchev–Trinajstić information content (AvgIpc) is 3.30. The Bertz CT molecular complexity index is 1040.